The van der Waals surface area contributed by atoms with E-state index >= 15 is 0 Å². The van der Waals surface area contributed by atoms with Crippen LogP contribution < -0.4 is 5.32 Å². The van der Waals surface area contributed by atoms with Crippen LogP contribution in [-0.4, -0.2) is 33.7 Å². The van der Waals surface area contributed by atoms with Crippen molar-refractivity contribution in [3.8, 4) is 0 Å². The Morgan fingerprint density at radius 3 is 2.83 bits per heavy atom. The zero-order valence-corrected chi connectivity index (χ0v) is 12.5. The molecule has 2 aromatic rings. The van der Waals surface area contributed by atoms with Crippen LogP contribution in [0.4, 0.5) is 18.3 Å². The number of hydrogen-bond acceptors (Lipinski definition) is 6. The van der Waals surface area contributed by atoms with E-state index in [1.807, 2.05) is 5.10 Å². The number of ether oxygens (including phenoxy) is 1. The SMILES string of the molecule is CC(=O)Nc1nc(C(=O)OCCc2cn[nH]c2C(F)(F)F)cs1. The second-order valence-electron chi connectivity index (χ2n) is 4.37. The molecule has 0 atom stereocenters. The third-order valence-corrected chi connectivity index (χ3v) is 3.36. The first-order valence-electron chi connectivity index (χ1n) is 6.27. The maximum absolute atomic E-state index is 12.6. The van der Waals surface area contributed by atoms with E-state index in [9.17, 15) is 22.8 Å². The summed E-state index contributed by atoms with van der Waals surface area (Å²) in [5.74, 6) is -1.12. The molecule has 0 spiro atoms. The standard InChI is InChI=1S/C12H11F3N4O3S/c1-6(20)17-11-18-8(5-23-11)10(21)22-3-2-7-4-16-19-9(7)12(13,14)15/h4-5H,2-3H2,1H3,(H,16,19)(H,17,18,20). The molecule has 0 saturated heterocycles. The number of anilines is 1. The normalized spacial score (nSPS) is 11.3. The maximum atomic E-state index is 12.6. The number of amides is 1. The van der Waals surface area contributed by atoms with Gasteiger partial charge in [-0.2, -0.15) is 18.3 Å². The minimum Gasteiger partial charge on any atom is -0.461 e. The van der Waals surface area contributed by atoms with E-state index < -0.39 is 17.8 Å². The van der Waals surface area contributed by atoms with Crippen molar-refractivity contribution in [2.75, 3.05) is 11.9 Å². The number of nitrogens with zero attached hydrogens (tertiary/aromatic N) is 2. The first-order chi connectivity index (χ1) is 10.8. The first-order valence-corrected chi connectivity index (χ1v) is 7.15. The van der Waals surface area contributed by atoms with E-state index in [1.54, 1.807) is 0 Å². The van der Waals surface area contributed by atoms with E-state index in [2.05, 4.69) is 15.4 Å². The summed E-state index contributed by atoms with van der Waals surface area (Å²) in [5, 5.41) is 9.23. The molecule has 2 rings (SSSR count). The second kappa shape index (κ2) is 6.77. The Kier molecular flexibility index (Phi) is 4.98. The quantitative estimate of drug-likeness (QED) is 0.808. The number of H-pyrrole nitrogens is 1. The molecule has 1 amide bonds. The number of nitrogens with one attached hydrogen (secondary N) is 2. The fourth-order valence-corrected chi connectivity index (χ4v) is 2.38. The Labute approximate surface area is 131 Å². The Morgan fingerprint density at radius 2 is 2.17 bits per heavy atom. The third kappa shape index (κ3) is 4.52. The maximum Gasteiger partial charge on any atom is 0.433 e. The van der Waals surface area contributed by atoms with E-state index in [0.717, 1.165) is 17.5 Å². The number of rotatable bonds is 5. The highest BCUT2D eigenvalue weighted by molar-refractivity contribution is 7.14. The van der Waals surface area contributed by atoms with Crippen molar-refractivity contribution in [3.05, 3.63) is 28.5 Å². The van der Waals surface area contributed by atoms with Gasteiger partial charge in [0.1, 0.15) is 5.69 Å². The molecular formula is C12H11F3N4O3S. The lowest BCUT2D eigenvalue weighted by molar-refractivity contribution is -0.141. The van der Waals surface area contributed by atoms with Crippen LogP contribution in [0.1, 0.15) is 28.7 Å². The number of thiazole rings is 1. The van der Waals surface area contributed by atoms with Crippen LogP contribution >= 0.6 is 11.3 Å². The highest BCUT2D eigenvalue weighted by atomic mass is 32.1. The molecule has 0 radical (unpaired) electrons. The van der Waals surface area contributed by atoms with Gasteiger partial charge in [-0.25, -0.2) is 9.78 Å². The number of aromatic nitrogens is 3. The number of hydrogen-bond donors (Lipinski definition) is 2. The Morgan fingerprint density at radius 1 is 1.43 bits per heavy atom. The Bertz CT molecular complexity index is 710. The number of esters is 1. The van der Waals surface area contributed by atoms with Crippen LogP contribution in [0.3, 0.4) is 0 Å². The number of carbonyl (C=O) groups is 2. The van der Waals surface area contributed by atoms with Gasteiger partial charge in [-0.1, -0.05) is 0 Å². The Hall–Kier alpha value is -2.43. The molecule has 0 saturated carbocycles. The van der Waals surface area contributed by atoms with Gasteiger partial charge in [0.2, 0.25) is 5.91 Å². The van der Waals surface area contributed by atoms with Crippen LogP contribution in [0.5, 0.6) is 0 Å². The summed E-state index contributed by atoms with van der Waals surface area (Å²) in [7, 11) is 0. The van der Waals surface area contributed by atoms with Gasteiger partial charge in [0.25, 0.3) is 0 Å². The number of alkyl halides is 3. The zero-order chi connectivity index (χ0) is 17.0. The van der Waals surface area contributed by atoms with Crippen molar-refractivity contribution in [1.82, 2.24) is 15.2 Å². The molecule has 0 aliphatic rings. The van der Waals surface area contributed by atoms with Crippen LogP contribution in [0, 0.1) is 0 Å². The van der Waals surface area contributed by atoms with Gasteiger partial charge in [-0.15, -0.1) is 11.3 Å². The van der Waals surface area contributed by atoms with Crippen molar-refractivity contribution in [3.63, 3.8) is 0 Å². The monoisotopic (exact) mass is 348 g/mol. The second-order valence-corrected chi connectivity index (χ2v) is 5.23. The van der Waals surface area contributed by atoms with Crippen molar-refractivity contribution in [1.29, 1.82) is 0 Å². The lowest BCUT2D eigenvalue weighted by Gasteiger charge is -2.07. The summed E-state index contributed by atoms with van der Waals surface area (Å²) >= 11 is 1.04. The summed E-state index contributed by atoms with van der Waals surface area (Å²) < 4.78 is 42.7. The van der Waals surface area contributed by atoms with E-state index in [4.69, 9.17) is 4.74 Å². The molecule has 0 bridgehead atoms. The lowest BCUT2D eigenvalue weighted by atomic mass is 10.2. The van der Waals surface area contributed by atoms with Gasteiger partial charge < -0.3 is 10.1 Å². The third-order valence-electron chi connectivity index (χ3n) is 2.60. The number of aromatic amines is 1. The molecule has 23 heavy (non-hydrogen) atoms. The molecule has 2 heterocycles. The minimum atomic E-state index is -4.54. The molecule has 2 aromatic heterocycles. The molecule has 0 fully saturated rings. The molecule has 0 aliphatic heterocycles. The average Bonchev–Trinajstić information content (AvgIpc) is 3.06. The van der Waals surface area contributed by atoms with E-state index in [-0.39, 0.29) is 35.3 Å². The fourth-order valence-electron chi connectivity index (χ4n) is 1.65. The minimum absolute atomic E-state index is 0.0259. The highest BCUT2D eigenvalue weighted by Gasteiger charge is 2.35. The predicted octanol–water partition coefficient (Wildman–Crippen LogP) is 2.24. The smallest absolute Gasteiger partial charge is 0.433 e. The Balaban J connectivity index is 1.89. The molecule has 7 nitrogen and oxygen atoms in total. The summed E-state index contributed by atoms with van der Waals surface area (Å²) in [6, 6.07) is 0. The molecule has 11 heteroatoms. The molecule has 2 N–H and O–H groups in total. The van der Waals surface area contributed by atoms with Gasteiger partial charge >= 0.3 is 12.1 Å². The van der Waals surface area contributed by atoms with Gasteiger partial charge in [0, 0.05) is 24.3 Å². The summed E-state index contributed by atoms with van der Waals surface area (Å²) in [6.45, 7) is 1.04. The lowest BCUT2D eigenvalue weighted by Crippen LogP contribution is -2.13. The van der Waals surface area contributed by atoms with Crippen LogP contribution in [0.15, 0.2) is 11.6 Å². The summed E-state index contributed by atoms with van der Waals surface area (Å²) in [5.41, 5.74) is -1.08. The van der Waals surface area contributed by atoms with Crippen molar-refractivity contribution < 1.29 is 27.5 Å². The topological polar surface area (TPSA) is 97.0 Å². The average molecular weight is 348 g/mol. The van der Waals surface area contributed by atoms with Crippen molar-refractivity contribution >= 4 is 28.3 Å². The van der Waals surface area contributed by atoms with Crippen LogP contribution in [0.2, 0.25) is 0 Å². The molecule has 0 aromatic carbocycles. The highest BCUT2D eigenvalue weighted by Crippen LogP contribution is 2.30. The molecule has 0 unspecified atom stereocenters. The predicted molar refractivity (Wildman–Crippen MR) is 74.0 cm³/mol. The fraction of sp³-hybridized carbons (Fsp3) is 0.333. The van der Waals surface area contributed by atoms with Crippen LogP contribution in [0.25, 0.3) is 0 Å². The van der Waals surface area contributed by atoms with Crippen molar-refractivity contribution in [2.45, 2.75) is 19.5 Å². The van der Waals surface area contributed by atoms with Gasteiger partial charge in [0.15, 0.2) is 10.8 Å². The molecule has 124 valence electrons. The largest absolute Gasteiger partial charge is 0.461 e. The van der Waals surface area contributed by atoms with E-state index in [1.165, 1.54) is 12.3 Å². The summed E-state index contributed by atoms with van der Waals surface area (Å²) in [6.07, 6.45) is -3.65. The van der Waals surface area contributed by atoms with Gasteiger partial charge in [-0.05, 0) is 0 Å². The summed E-state index contributed by atoms with van der Waals surface area (Å²) in [4.78, 5) is 26.4. The number of halogens is 3. The van der Waals surface area contributed by atoms with E-state index in [0.29, 0.717) is 0 Å². The first kappa shape index (κ1) is 16.9. The number of carbonyl (C=O) groups excluding carboxylic acids is 2. The van der Waals surface area contributed by atoms with Crippen LogP contribution in [-0.2, 0) is 22.1 Å². The van der Waals surface area contributed by atoms with Crippen molar-refractivity contribution in [2.24, 2.45) is 0 Å². The zero-order valence-electron chi connectivity index (χ0n) is 11.7. The van der Waals surface area contributed by atoms with Gasteiger partial charge in [0.05, 0.1) is 12.8 Å². The molecule has 0 aliphatic carbocycles. The van der Waals surface area contributed by atoms with Gasteiger partial charge in [-0.3, -0.25) is 9.89 Å². The molecular weight excluding hydrogens is 337 g/mol.